The fraction of sp³-hybridized carbons (Fsp3) is 0.375. The summed E-state index contributed by atoms with van der Waals surface area (Å²) in [6.45, 7) is 3.61. The number of ether oxygens (including phenoxy) is 1. The summed E-state index contributed by atoms with van der Waals surface area (Å²) in [6, 6.07) is 0. The summed E-state index contributed by atoms with van der Waals surface area (Å²) in [6.07, 6.45) is 5.18. The van der Waals surface area contributed by atoms with Crippen molar-refractivity contribution in [3.05, 3.63) is 24.1 Å². The van der Waals surface area contributed by atoms with Gasteiger partial charge in [0.25, 0.3) is 0 Å². The molecule has 0 amide bonds. The van der Waals surface area contributed by atoms with Crippen molar-refractivity contribution < 1.29 is 4.74 Å². The molecule has 0 aliphatic heterocycles. The smallest absolute Gasteiger partial charge is 0.116 e. The van der Waals surface area contributed by atoms with Crippen molar-refractivity contribution in [2.75, 3.05) is 7.11 Å². The summed E-state index contributed by atoms with van der Waals surface area (Å²) in [5, 5.41) is 0.507. The van der Waals surface area contributed by atoms with Crippen LogP contribution in [0.4, 0.5) is 0 Å². The van der Waals surface area contributed by atoms with Crippen molar-refractivity contribution in [3.8, 4) is 0 Å². The highest BCUT2D eigenvalue weighted by molar-refractivity contribution is 6.64. The van der Waals surface area contributed by atoms with Crippen molar-refractivity contribution in [1.29, 1.82) is 0 Å². The van der Waals surface area contributed by atoms with Gasteiger partial charge < -0.3 is 4.74 Å². The number of hydrogen-bond donors (Lipinski definition) is 0. The normalized spacial score (nSPS) is 14.2. The third kappa shape index (κ3) is 5.67. The Balaban J connectivity index is 4.02. The Hall–Kier alpha value is -0.760. The molecule has 0 atom stereocenters. The molecular formula is C8H12ClNO. The molecule has 11 heavy (non-hydrogen) atoms. The lowest BCUT2D eigenvalue weighted by Crippen LogP contribution is -1.79. The minimum atomic E-state index is 0.507. The van der Waals surface area contributed by atoms with Crippen molar-refractivity contribution in [3.63, 3.8) is 0 Å². The molecule has 0 aliphatic rings. The minimum absolute atomic E-state index is 0.507. The van der Waals surface area contributed by atoms with Gasteiger partial charge in [0.05, 0.1) is 7.11 Å². The van der Waals surface area contributed by atoms with E-state index in [1.807, 2.05) is 13.0 Å². The van der Waals surface area contributed by atoms with Gasteiger partial charge in [0.1, 0.15) is 10.9 Å². The molecule has 0 fully saturated rings. The summed E-state index contributed by atoms with van der Waals surface area (Å²) < 4.78 is 4.94. The summed E-state index contributed by atoms with van der Waals surface area (Å²) in [5.41, 5.74) is 0. The van der Waals surface area contributed by atoms with E-state index in [4.69, 9.17) is 16.3 Å². The molecule has 2 nitrogen and oxygen atoms in total. The van der Waals surface area contributed by atoms with Crippen LogP contribution in [-0.4, -0.2) is 12.3 Å². The van der Waals surface area contributed by atoms with Crippen LogP contribution in [0.25, 0.3) is 0 Å². The number of hydrogen-bond acceptors (Lipinski definition) is 2. The number of allylic oxidation sites excluding steroid dienone is 2. The molecule has 0 aromatic carbocycles. The molecule has 0 spiro atoms. The third-order valence-electron chi connectivity index (χ3n) is 1.01. The van der Waals surface area contributed by atoms with E-state index in [0.29, 0.717) is 5.17 Å². The quantitative estimate of drug-likeness (QED) is 0.365. The van der Waals surface area contributed by atoms with Crippen molar-refractivity contribution in [2.24, 2.45) is 4.99 Å². The third-order valence-corrected chi connectivity index (χ3v) is 1.11. The summed E-state index contributed by atoms with van der Waals surface area (Å²) in [5.74, 6) is 0.770. The second-order valence-corrected chi connectivity index (χ2v) is 2.38. The van der Waals surface area contributed by atoms with E-state index in [1.165, 1.54) is 0 Å². The molecule has 62 valence electrons. The van der Waals surface area contributed by atoms with Crippen molar-refractivity contribution in [1.82, 2.24) is 0 Å². The van der Waals surface area contributed by atoms with Crippen molar-refractivity contribution >= 4 is 16.8 Å². The largest absolute Gasteiger partial charge is 0.497 e. The van der Waals surface area contributed by atoms with Crippen LogP contribution in [0.3, 0.4) is 0 Å². The van der Waals surface area contributed by atoms with Crippen LogP contribution < -0.4 is 0 Å². The highest BCUT2D eigenvalue weighted by Gasteiger charge is 1.83. The van der Waals surface area contributed by atoms with Gasteiger partial charge in [-0.25, -0.2) is 4.99 Å². The van der Waals surface area contributed by atoms with E-state index in [9.17, 15) is 0 Å². The molecule has 0 saturated carbocycles. The first-order chi connectivity index (χ1) is 5.20. The van der Waals surface area contributed by atoms with Crippen LogP contribution >= 0.6 is 11.6 Å². The molecule has 0 bridgehead atoms. The van der Waals surface area contributed by atoms with Gasteiger partial charge >= 0.3 is 0 Å². The lowest BCUT2D eigenvalue weighted by molar-refractivity contribution is 0.306. The highest BCUT2D eigenvalue weighted by atomic mass is 35.5. The van der Waals surface area contributed by atoms with Gasteiger partial charge in [0.2, 0.25) is 0 Å². The number of halogens is 1. The molecular weight excluding hydrogens is 162 g/mol. The number of methoxy groups -OCH3 is 1. The first kappa shape index (κ1) is 10.2. The molecule has 0 heterocycles. The maximum Gasteiger partial charge on any atom is 0.116 e. The highest BCUT2D eigenvalue weighted by Crippen LogP contribution is 1.97. The van der Waals surface area contributed by atoms with Gasteiger partial charge in [-0.15, -0.1) is 0 Å². The fourth-order valence-corrected chi connectivity index (χ4v) is 0.552. The Kier molecular flexibility index (Phi) is 5.57. The lowest BCUT2D eigenvalue weighted by Gasteiger charge is -1.95. The SMILES string of the molecule is C/C=C(\C=C/N=C(C)Cl)OC. The topological polar surface area (TPSA) is 21.6 Å². The predicted octanol–water partition coefficient (Wildman–Crippen LogP) is 2.71. The van der Waals surface area contributed by atoms with Gasteiger partial charge in [-0.2, -0.15) is 0 Å². The van der Waals surface area contributed by atoms with Crippen molar-refractivity contribution in [2.45, 2.75) is 13.8 Å². The summed E-state index contributed by atoms with van der Waals surface area (Å²) in [4.78, 5) is 3.84. The zero-order valence-corrected chi connectivity index (χ0v) is 7.72. The predicted molar refractivity (Wildman–Crippen MR) is 48.9 cm³/mol. The fourth-order valence-electron chi connectivity index (χ4n) is 0.496. The molecule has 0 aromatic heterocycles. The number of aliphatic imine (C=N–C) groups is 1. The van der Waals surface area contributed by atoms with Crippen LogP contribution in [0.5, 0.6) is 0 Å². The number of rotatable bonds is 3. The van der Waals surface area contributed by atoms with Gasteiger partial charge in [0, 0.05) is 6.20 Å². The van der Waals surface area contributed by atoms with Crippen LogP contribution in [0, 0.1) is 0 Å². The van der Waals surface area contributed by atoms with E-state index < -0.39 is 0 Å². The first-order valence-electron chi connectivity index (χ1n) is 3.27. The van der Waals surface area contributed by atoms with Gasteiger partial charge in [-0.3, -0.25) is 0 Å². The van der Waals surface area contributed by atoms with E-state index in [1.54, 1.807) is 26.3 Å². The average Bonchev–Trinajstić information content (AvgIpc) is 1.98. The van der Waals surface area contributed by atoms with Gasteiger partial charge in [-0.1, -0.05) is 11.6 Å². The van der Waals surface area contributed by atoms with E-state index >= 15 is 0 Å². The van der Waals surface area contributed by atoms with E-state index in [-0.39, 0.29) is 0 Å². The Labute approximate surface area is 72.2 Å². The lowest BCUT2D eigenvalue weighted by atomic mass is 10.4. The summed E-state index contributed by atoms with van der Waals surface area (Å²) >= 11 is 5.49. The molecule has 0 aliphatic carbocycles. The Bertz CT molecular complexity index is 190. The van der Waals surface area contributed by atoms with E-state index in [2.05, 4.69) is 4.99 Å². The van der Waals surface area contributed by atoms with Crippen LogP contribution in [0.1, 0.15) is 13.8 Å². The molecule has 0 unspecified atom stereocenters. The minimum Gasteiger partial charge on any atom is -0.497 e. The van der Waals surface area contributed by atoms with Gasteiger partial charge in [-0.05, 0) is 26.0 Å². The zero-order valence-electron chi connectivity index (χ0n) is 6.97. The first-order valence-corrected chi connectivity index (χ1v) is 3.65. The van der Waals surface area contributed by atoms with E-state index in [0.717, 1.165) is 5.76 Å². The molecule has 0 N–H and O–H groups in total. The van der Waals surface area contributed by atoms with Crippen LogP contribution in [0.2, 0.25) is 0 Å². The molecule has 0 rings (SSSR count). The molecule has 3 heteroatoms. The zero-order chi connectivity index (χ0) is 8.69. The van der Waals surface area contributed by atoms with Crippen LogP contribution in [0.15, 0.2) is 29.1 Å². The number of nitrogens with zero attached hydrogens (tertiary/aromatic N) is 1. The van der Waals surface area contributed by atoms with Crippen LogP contribution in [-0.2, 0) is 4.74 Å². The molecule has 0 aromatic rings. The maximum absolute atomic E-state index is 5.49. The Morgan fingerprint density at radius 1 is 1.55 bits per heavy atom. The Morgan fingerprint density at radius 2 is 2.18 bits per heavy atom. The standard InChI is InChI=1S/C8H12ClNO/c1-4-8(11-3)5-6-10-7(2)9/h4-6H,1-3H3/b6-5-,8-4+,10-7?. The molecule has 0 radical (unpaired) electrons. The average molecular weight is 174 g/mol. The molecule has 0 saturated heterocycles. The monoisotopic (exact) mass is 173 g/mol. The second kappa shape index (κ2) is 5.98. The summed E-state index contributed by atoms with van der Waals surface area (Å²) in [7, 11) is 1.61. The van der Waals surface area contributed by atoms with Gasteiger partial charge in [0.15, 0.2) is 0 Å². The Morgan fingerprint density at radius 3 is 2.55 bits per heavy atom. The second-order valence-electron chi connectivity index (χ2n) is 1.84. The maximum atomic E-state index is 5.49.